The second-order valence-electron chi connectivity index (χ2n) is 4.24. The molecule has 21 heavy (non-hydrogen) atoms. The molecule has 2 N–H and O–H groups in total. The minimum atomic E-state index is -4.05. The number of aromatic nitrogens is 2. The van der Waals surface area contributed by atoms with Crippen LogP contribution in [-0.2, 0) is 16.4 Å². The lowest BCUT2D eigenvalue weighted by molar-refractivity contribution is 0.539. The molecule has 0 unspecified atom stereocenters. The maximum absolute atomic E-state index is 13.6. The van der Waals surface area contributed by atoms with Gasteiger partial charge in [-0.1, -0.05) is 0 Å². The fraction of sp³-hybridized carbons (Fsp3) is 0.250. The number of aromatic amines is 1. The first-order valence-corrected chi connectivity index (χ1v) is 8.30. The normalized spacial score (nSPS) is 11.8. The molecule has 1 aromatic heterocycles. The average Bonchev–Trinajstić information content (AvgIpc) is 2.86. The highest BCUT2D eigenvalue weighted by Gasteiger charge is 2.23. The largest absolute Gasteiger partial charge is 0.349 e. The summed E-state index contributed by atoms with van der Waals surface area (Å²) in [7, 11) is -4.05. The molecule has 0 atom stereocenters. The van der Waals surface area contributed by atoms with Gasteiger partial charge in [0.2, 0.25) is 10.0 Å². The average molecular weight is 380 g/mol. The van der Waals surface area contributed by atoms with Gasteiger partial charge in [-0.3, -0.25) is 0 Å². The maximum Gasteiger partial charge on any atom is 0.244 e. The summed E-state index contributed by atoms with van der Waals surface area (Å²) in [5, 5.41) is 0. The lowest BCUT2D eigenvalue weighted by Gasteiger charge is -2.09. The van der Waals surface area contributed by atoms with E-state index in [0.717, 1.165) is 11.9 Å². The van der Waals surface area contributed by atoms with Crippen molar-refractivity contribution in [2.45, 2.75) is 17.7 Å². The summed E-state index contributed by atoms with van der Waals surface area (Å²) in [6.07, 6.45) is 4.32. The highest BCUT2D eigenvalue weighted by Crippen LogP contribution is 2.26. The molecule has 2 aromatic rings. The first-order chi connectivity index (χ1) is 9.90. The van der Waals surface area contributed by atoms with Gasteiger partial charge in [-0.05, 0) is 28.4 Å². The van der Waals surface area contributed by atoms with Crippen LogP contribution in [0.3, 0.4) is 0 Å². The van der Waals surface area contributed by atoms with Crippen molar-refractivity contribution >= 4 is 26.0 Å². The predicted molar refractivity (Wildman–Crippen MR) is 76.2 cm³/mol. The summed E-state index contributed by atoms with van der Waals surface area (Å²) in [4.78, 5) is 6.30. The molecular formula is C12H12BrF2N3O2S. The minimum absolute atomic E-state index is 0.117. The summed E-state index contributed by atoms with van der Waals surface area (Å²) in [6, 6.07) is 1.43. The van der Waals surface area contributed by atoms with Gasteiger partial charge < -0.3 is 4.98 Å². The van der Waals surface area contributed by atoms with Gasteiger partial charge in [0.1, 0.15) is 22.4 Å². The summed E-state index contributed by atoms with van der Waals surface area (Å²) in [6.45, 7) is 0.117. The zero-order chi connectivity index (χ0) is 15.5. The smallest absolute Gasteiger partial charge is 0.244 e. The number of benzene rings is 1. The van der Waals surface area contributed by atoms with Crippen molar-refractivity contribution in [2.24, 2.45) is 0 Å². The Morgan fingerprint density at radius 1 is 1.33 bits per heavy atom. The Bertz CT molecular complexity index is 697. The molecule has 9 heteroatoms. The highest BCUT2D eigenvalue weighted by molar-refractivity contribution is 9.10. The van der Waals surface area contributed by atoms with Gasteiger partial charge in [0.05, 0.1) is 0 Å². The van der Waals surface area contributed by atoms with Gasteiger partial charge in [-0.25, -0.2) is 26.9 Å². The first kappa shape index (κ1) is 16.1. The zero-order valence-electron chi connectivity index (χ0n) is 10.7. The van der Waals surface area contributed by atoms with Gasteiger partial charge in [0.15, 0.2) is 0 Å². The number of rotatable bonds is 6. The second kappa shape index (κ2) is 6.63. The molecule has 0 saturated heterocycles. The van der Waals surface area contributed by atoms with E-state index in [9.17, 15) is 17.2 Å². The number of H-pyrrole nitrogens is 1. The third-order valence-electron chi connectivity index (χ3n) is 2.67. The van der Waals surface area contributed by atoms with E-state index in [1.54, 1.807) is 12.4 Å². The van der Waals surface area contributed by atoms with Crippen LogP contribution in [0.5, 0.6) is 0 Å². The molecule has 0 amide bonds. The predicted octanol–water partition coefficient (Wildman–Crippen LogP) is 2.36. The molecule has 0 spiro atoms. The molecule has 0 aliphatic heterocycles. The molecule has 1 heterocycles. The van der Waals surface area contributed by atoms with Crippen LogP contribution >= 0.6 is 15.9 Å². The van der Waals surface area contributed by atoms with Crippen molar-refractivity contribution in [1.29, 1.82) is 0 Å². The van der Waals surface area contributed by atoms with E-state index in [4.69, 9.17) is 0 Å². The maximum atomic E-state index is 13.6. The molecule has 0 aliphatic rings. The number of nitrogens with one attached hydrogen (secondary N) is 2. The lowest BCUT2D eigenvalue weighted by Crippen LogP contribution is -2.26. The Morgan fingerprint density at radius 3 is 2.71 bits per heavy atom. The number of sulfonamides is 1. The standard InChI is InChI=1S/C12H12BrF2N3O2S/c13-9-6-8(14)7-10(15)12(9)21(19,20)18-3-1-2-11-16-4-5-17-11/h4-7,18H,1-3H2,(H,16,17). The summed E-state index contributed by atoms with van der Waals surface area (Å²) < 4.78 is 52.8. The molecular weight excluding hydrogens is 368 g/mol. The molecule has 0 fully saturated rings. The SMILES string of the molecule is O=S(=O)(NCCCc1ncc[nH]1)c1c(F)cc(F)cc1Br. The van der Waals surface area contributed by atoms with Crippen LogP contribution in [0.25, 0.3) is 0 Å². The Morgan fingerprint density at radius 2 is 2.10 bits per heavy atom. The number of aryl methyl sites for hydroxylation is 1. The molecule has 0 bridgehead atoms. The Hall–Kier alpha value is -1.32. The van der Waals surface area contributed by atoms with Gasteiger partial charge in [0, 0.05) is 35.9 Å². The van der Waals surface area contributed by atoms with E-state index >= 15 is 0 Å². The summed E-state index contributed by atoms with van der Waals surface area (Å²) >= 11 is 2.86. The third-order valence-corrected chi connectivity index (χ3v) is 5.09. The monoisotopic (exact) mass is 379 g/mol. The molecule has 0 saturated carbocycles. The van der Waals surface area contributed by atoms with Crippen molar-refractivity contribution < 1.29 is 17.2 Å². The zero-order valence-corrected chi connectivity index (χ0v) is 13.1. The van der Waals surface area contributed by atoms with E-state index < -0.39 is 26.6 Å². The minimum Gasteiger partial charge on any atom is -0.349 e. The first-order valence-electron chi connectivity index (χ1n) is 6.02. The van der Waals surface area contributed by atoms with Crippen LogP contribution in [0.1, 0.15) is 12.2 Å². The number of halogens is 3. The van der Waals surface area contributed by atoms with Crippen molar-refractivity contribution in [1.82, 2.24) is 14.7 Å². The van der Waals surface area contributed by atoms with Gasteiger partial charge in [0.25, 0.3) is 0 Å². The van der Waals surface area contributed by atoms with Crippen molar-refractivity contribution in [3.05, 3.63) is 46.5 Å². The van der Waals surface area contributed by atoms with E-state index in [1.807, 2.05) is 0 Å². The van der Waals surface area contributed by atoms with Crippen LogP contribution in [0.15, 0.2) is 33.9 Å². The number of hydrogen-bond acceptors (Lipinski definition) is 3. The van der Waals surface area contributed by atoms with Gasteiger partial charge >= 0.3 is 0 Å². The van der Waals surface area contributed by atoms with Crippen molar-refractivity contribution in [3.63, 3.8) is 0 Å². The molecule has 2 rings (SSSR count). The molecule has 0 radical (unpaired) electrons. The summed E-state index contributed by atoms with van der Waals surface area (Å²) in [5.74, 6) is -1.25. The van der Waals surface area contributed by atoms with E-state index in [-0.39, 0.29) is 11.0 Å². The van der Waals surface area contributed by atoms with Crippen LogP contribution in [0, 0.1) is 11.6 Å². The summed E-state index contributed by atoms with van der Waals surface area (Å²) in [5.41, 5.74) is 0. The Balaban J connectivity index is 2.02. The molecule has 1 aromatic carbocycles. The highest BCUT2D eigenvalue weighted by atomic mass is 79.9. The molecule has 0 aliphatic carbocycles. The van der Waals surface area contributed by atoms with Gasteiger partial charge in [-0.2, -0.15) is 0 Å². The van der Waals surface area contributed by atoms with Crippen LogP contribution in [-0.4, -0.2) is 24.9 Å². The number of nitrogens with zero attached hydrogens (tertiary/aromatic N) is 1. The quantitative estimate of drug-likeness (QED) is 0.756. The van der Waals surface area contributed by atoms with E-state index in [0.29, 0.717) is 18.9 Å². The van der Waals surface area contributed by atoms with Gasteiger partial charge in [-0.15, -0.1) is 0 Å². The topological polar surface area (TPSA) is 74.8 Å². The van der Waals surface area contributed by atoms with Crippen LogP contribution < -0.4 is 4.72 Å². The molecule has 114 valence electrons. The van der Waals surface area contributed by atoms with E-state index in [2.05, 4.69) is 30.6 Å². The van der Waals surface area contributed by atoms with E-state index in [1.165, 1.54) is 0 Å². The number of hydrogen-bond donors (Lipinski definition) is 2. The number of imidazole rings is 1. The Labute approximate surface area is 129 Å². The molecule has 5 nitrogen and oxygen atoms in total. The van der Waals surface area contributed by atoms with Crippen molar-refractivity contribution in [3.8, 4) is 0 Å². The fourth-order valence-electron chi connectivity index (χ4n) is 1.75. The van der Waals surface area contributed by atoms with Crippen molar-refractivity contribution in [2.75, 3.05) is 6.54 Å². The third kappa shape index (κ3) is 4.08. The van der Waals surface area contributed by atoms with Crippen LogP contribution in [0.2, 0.25) is 0 Å². The van der Waals surface area contributed by atoms with Crippen LogP contribution in [0.4, 0.5) is 8.78 Å². The Kier molecular flexibility index (Phi) is 5.07. The second-order valence-corrected chi connectivity index (χ2v) is 6.79. The lowest BCUT2D eigenvalue weighted by atomic mass is 10.3. The fourth-order valence-corrected chi connectivity index (χ4v) is 3.99.